The van der Waals surface area contributed by atoms with Crippen molar-refractivity contribution in [1.82, 2.24) is 10.1 Å². The predicted octanol–water partition coefficient (Wildman–Crippen LogP) is 4.34. The standard InChI is InChI=1S/C19H19F2N5OS/c1-18(2)17(22)25-19(3,9-28-18)12-7-11(4-5-13(12)21)24-16-15-14(27-26-16)6-10(20)8-23-15/h4-8H,9H2,1-3H3,(H2,22,25)(H,24,26). The van der Waals surface area contributed by atoms with Gasteiger partial charge in [-0.2, -0.15) is 0 Å². The Kier molecular flexibility index (Phi) is 4.29. The first-order chi connectivity index (χ1) is 13.2. The molecule has 3 aromatic rings. The van der Waals surface area contributed by atoms with E-state index in [0.717, 1.165) is 6.20 Å². The van der Waals surface area contributed by atoms with Gasteiger partial charge in [-0.1, -0.05) is 5.16 Å². The Labute approximate surface area is 164 Å². The minimum absolute atomic E-state index is 0.222. The van der Waals surface area contributed by atoms with Gasteiger partial charge in [0.25, 0.3) is 0 Å². The second-order valence-corrected chi connectivity index (χ2v) is 9.02. The van der Waals surface area contributed by atoms with Crippen LogP contribution in [0.15, 0.2) is 40.0 Å². The fraction of sp³-hybridized carbons (Fsp3) is 0.316. The summed E-state index contributed by atoms with van der Waals surface area (Å²) in [6.45, 7) is 5.85. The van der Waals surface area contributed by atoms with Crippen LogP contribution in [0.1, 0.15) is 26.3 Å². The first-order valence-electron chi connectivity index (χ1n) is 8.66. The average Bonchev–Trinajstić information content (AvgIpc) is 3.02. The monoisotopic (exact) mass is 403 g/mol. The molecule has 1 aliphatic rings. The van der Waals surface area contributed by atoms with Crippen molar-refractivity contribution in [2.45, 2.75) is 31.1 Å². The van der Waals surface area contributed by atoms with Crippen molar-refractivity contribution in [3.05, 3.63) is 47.7 Å². The van der Waals surface area contributed by atoms with E-state index >= 15 is 0 Å². The van der Waals surface area contributed by atoms with Gasteiger partial charge in [0.05, 0.1) is 16.5 Å². The maximum Gasteiger partial charge on any atom is 0.200 e. The van der Waals surface area contributed by atoms with Crippen molar-refractivity contribution < 1.29 is 13.3 Å². The maximum atomic E-state index is 14.7. The van der Waals surface area contributed by atoms with E-state index in [1.807, 2.05) is 20.8 Å². The minimum atomic E-state index is -0.792. The molecule has 28 heavy (non-hydrogen) atoms. The Morgan fingerprint density at radius 3 is 2.75 bits per heavy atom. The van der Waals surface area contributed by atoms with Gasteiger partial charge in [-0.3, -0.25) is 4.99 Å². The number of nitrogens with two attached hydrogens (primary N) is 1. The van der Waals surface area contributed by atoms with E-state index in [0.29, 0.717) is 34.2 Å². The molecule has 0 saturated heterocycles. The molecule has 0 aliphatic carbocycles. The number of fused-ring (bicyclic) bond motifs is 1. The summed E-state index contributed by atoms with van der Waals surface area (Å²) in [7, 11) is 0. The number of halogens is 2. The van der Waals surface area contributed by atoms with Crippen LogP contribution in [0, 0.1) is 11.6 Å². The van der Waals surface area contributed by atoms with Gasteiger partial charge in [0.1, 0.15) is 17.5 Å². The van der Waals surface area contributed by atoms with Crippen LogP contribution in [-0.2, 0) is 5.54 Å². The van der Waals surface area contributed by atoms with Crippen LogP contribution in [0.2, 0.25) is 0 Å². The van der Waals surface area contributed by atoms with Crippen LogP contribution in [0.25, 0.3) is 11.1 Å². The highest BCUT2D eigenvalue weighted by molar-refractivity contribution is 8.01. The molecule has 4 rings (SSSR count). The van der Waals surface area contributed by atoms with Gasteiger partial charge in [0.2, 0.25) is 5.82 Å². The smallest absolute Gasteiger partial charge is 0.200 e. The quantitative estimate of drug-likeness (QED) is 0.676. The van der Waals surface area contributed by atoms with Crippen molar-refractivity contribution in [3.63, 3.8) is 0 Å². The number of nitrogens with zero attached hydrogens (tertiary/aromatic N) is 3. The average molecular weight is 403 g/mol. The van der Waals surface area contributed by atoms with Gasteiger partial charge in [0, 0.05) is 23.1 Å². The Balaban J connectivity index is 1.70. The van der Waals surface area contributed by atoms with Crippen LogP contribution in [0.4, 0.5) is 20.3 Å². The molecular weight excluding hydrogens is 384 g/mol. The second-order valence-electron chi connectivity index (χ2n) is 7.42. The van der Waals surface area contributed by atoms with Crippen LogP contribution in [0.5, 0.6) is 0 Å². The molecule has 0 spiro atoms. The highest BCUT2D eigenvalue weighted by Gasteiger charge is 2.39. The Hall–Kier alpha value is -2.68. The lowest BCUT2D eigenvalue weighted by Gasteiger charge is -2.37. The van der Waals surface area contributed by atoms with Crippen molar-refractivity contribution in [2.24, 2.45) is 10.7 Å². The minimum Gasteiger partial charge on any atom is -0.386 e. The maximum absolute atomic E-state index is 14.7. The number of nitrogens with one attached hydrogen (secondary N) is 1. The number of thioether (sulfide) groups is 1. The zero-order chi connectivity index (χ0) is 20.1. The van der Waals surface area contributed by atoms with E-state index in [1.54, 1.807) is 23.9 Å². The molecule has 0 radical (unpaired) electrons. The van der Waals surface area contributed by atoms with E-state index in [1.165, 1.54) is 12.1 Å². The molecule has 2 aromatic heterocycles. The normalized spacial score (nSPS) is 21.5. The first kappa shape index (κ1) is 18.7. The summed E-state index contributed by atoms with van der Waals surface area (Å²) < 4.78 is 32.7. The van der Waals surface area contributed by atoms with E-state index in [4.69, 9.17) is 10.3 Å². The van der Waals surface area contributed by atoms with E-state index < -0.39 is 11.4 Å². The zero-order valence-electron chi connectivity index (χ0n) is 15.6. The molecular formula is C19H19F2N5OS. The number of pyridine rings is 1. The molecule has 6 nitrogen and oxygen atoms in total. The molecule has 1 atom stereocenters. The lowest BCUT2D eigenvalue weighted by Crippen LogP contribution is -2.44. The molecule has 0 fully saturated rings. The van der Waals surface area contributed by atoms with Gasteiger partial charge in [-0.15, -0.1) is 11.8 Å². The van der Waals surface area contributed by atoms with Gasteiger partial charge in [0.15, 0.2) is 11.1 Å². The molecule has 3 N–H and O–H groups in total. The summed E-state index contributed by atoms with van der Waals surface area (Å²) in [6.07, 6.45) is 1.08. The summed E-state index contributed by atoms with van der Waals surface area (Å²) in [4.78, 5) is 8.61. The van der Waals surface area contributed by atoms with Crippen LogP contribution in [-0.4, -0.2) is 26.5 Å². The van der Waals surface area contributed by atoms with Gasteiger partial charge < -0.3 is 15.6 Å². The Bertz CT molecular complexity index is 1100. The van der Waals surface area contributed by atoms with Crippen molar-refractivity contribution in [1.29, 1.82) is 0 Å². The number of amidine groups is 1. The number of hydrogen-bond acceptors (Lipinski definition) is 7. The molecule has 0 amide bonds. The third kappa shape index (κ3) is 3.19. The summed E-state index contributed by atoms with van der Waals surface area (Å²) in [5, 5.41) is 6.94. The zero-order valence-corrected chi connectivity index (χ0v) is 16.4. The molecule has 0 saturated carbocycles. The summed E-state index contributed by atoms with van der Waals surface area (Å²) in [5.74, 6) is 0.516. The van der Waals surface area contributed by atoms with Crippen molar-refractivity contribution in [3.8, 4) is 0 Å². The molecule has 1 unspecified atom stereocenters. The lowest BCUT2D eigenvalue weighted by atomic mass is 9.92. The highest BCUT2D eigenvalue weighted by Crippen LogP contribution is 2.42. The second kappa shape index (κ2) is 6.44. The Morgan fingerprint density at radius 1 is 1.21 bits per heavy atom. The van der Waals surface area contributed by atoms with E-state index in [2.05, 4.69) is 20.4 Å². The fourth-order valence-corrected chi connectivity index (χ4v) is 4.06. The number of benzene rings is 1. The largest absolute Gasteiger partial charge is 0.386 e. The van der Waals surface area contributed by atoms with Crippen LogP contribution in [0.3, 0.4) is 0 Å². The lowest BCUT2D eigenvalue weighted by molar-refractivity contribution is 0.458. The number of hydrogen-bond donors (Lipinski definition) is 2. The van der Waals surface area contributed by atoms with Crippen molar-refractivity contribution in [2.75, 3.05) is 11.1 Å². The molecule has 3 heterocycles. The van der Waals surface area contributed by atoms with Gasteiger partial charge >= 0.3 is 0 Å². The number of aliphatic imine (C=N–C) groups is 1. The summed E-state index contributed by atoms with van der Waals surface area (Å²) in [6, 6.07) is 5.83. The third-order valence-corrected chi connectivity index (χ3v) is 6.42. The first-order valence-corrected chi connectivity index (χ1v) is 9.64. The van der Waals surface area contributed by atoms with Gasteiger partial charge in [-0.25, -0.2) is 13.8 Å². The molecule has 1 aliphatic heterocycles. The number of aromatic nitrogens is 2. The van der Waals surface area contributed by atoms with Crippen molar-refractivity contribution >= 4 is 40.2 Å². The molecule has 146 valence electrons. The number of anilines is 2. The SMILES string of the molecule is CC1(C)SCC(C)(c2cc(Nc3noc4cc(F)cnc34)ccc2F)N=C1N. The predicted molar refractivity (Wildman–Crippen MR) is 107 cm³/mol. The number of rotatable bonds is 3. The molecule has 0 bridgehead atoms. The van der Waals surface area contributed by atoms with Crippen LogP contribution < -0.4 is 11.1 Å². The topological polar surface area (TPSA) is 89.3 Å². The summed E-state index contributed by atoms with van der Waals surface area (Å²) in [5.41, 5.74) is 6.95. The summed E-state index contributed by atoms with van der Waals surface area (Å²) >= 11 is 1.64. The Morgan fingerprint density at radius 2 is 2.00 bits per heavy atom. The van der Waals surface area contributed by atoms with E-state index in [-0.39, 0.29) is 16.1 Å². The molecule has 9 heteroatoms. The third-order valence-electron chi connectivity index (χ3n) is 4.79. The molecule has 1 aromatic carbocycles. The highest BCUT2D eigenvalue weighted by atomic mass is 32.2. The van der Waals surface area contributed by atoms with Crippen LogP contribution >= 0.6 is 11.8 Å². The van der Waals surface area contributed by atoms with E-state index in [9.17, 15) is 8.78 Å². The van der Waals surface area contributed by atoms with Gasteiger partial charge in [-0.05, 0) is 39.0 Å². The fourth-order valence-electron chi connectivity index (χ4n) is 3.01.